The predicted octanol–water partition coefficient (Wildman–Crippen LogP) is 1.83. The van der Waals surface area contributed by atoms with Crippen LogP contribution in [0.25, 0.3) is 0 Å². The van der Waals surface area contributed by atoms with E-state index in [1.807, 2.05) is 0 Å². The first-order valence-corrected chi connectivity index (χ1v) is 9.15. The topological polar surface area (TPSA) is 75.4 Å². The maximum absolute atomic E-state index is 12.5. The summed E-state index contributed by atoms with van der Waals surface area (Å²) >= 11 is 5.92. The largest absolute Gasteiger partial charge is 0.398 e. The number of sulfonamides is 1. The van der Waals surface area contributed by atoms with E-state index in [-0.39, 0.29) is 16.0 Å². The fraction of sp³-hybridized carbons (Fsp3) is 0.571. The third-order valence-corrected chi connectivity index (χ3v) is 6.26. The molecule has 0 bridgehead atoms. The Balaban J connectivity index is 1.78. The van der Waals surface area contributed by atoms with Gasteiger partial charge < -0.3 is 5.73 Å². The Labute approximate surface area is 130 Å². The number of hydrogen-bond donors (Lipinski definition) is 2. The van der Waals surface area contributed by atoms with Crippen molar-refractivity contribution >= 4 is 27.3 Å². The molecule has 116 valence electrons. The quantitative estimate of drug-likeness (QED) is 0.830. The van der Waals surface area contributed by atoms with Gasteiger partial charge in [0.1, 0.15) is 0 Å². The molecule has 2 unspecified atom stereocenters. The molecule has 2 heterocycles. The molecule has 3 N–H and O–H groups in total. The zero-order valence-electron chi connectivity index (χ0n) is 11.8. The van der Waals surface area contributed by atoms with Gasteiger partial charge in [0.05, 0.1) is 15.6 Å². The van der Waals surface area contributed by atoms with Crippen molar-refractivity contribution in [3.63, 3.8) is 0 Å². The molecule has 0 spiro atoms. The van der Waals surface area contributed by atoms with Crippen LogP contribution in [0, 0.1) is 0 Å². The van der Waals surface area contributed by atoms with Crippen LogP contribution in [-0.4, -0.2) is 38.5 Å². The smallest absolute Gasteiger partial charge is 0.240 e. The summed E-state index contributed by atoms with van der Waals surface area (Å²) in [5.41, 5.74) is 6.01. The number of nitrogens with zero attached hydrogens (tertiary/aromatic N) is 1. The minimum absolute atomic E-state index is 0.00775. The molecule has 2 aliphatic rings. The first-order valence-electron chi connectivity index (χ1n) is 7.29. The highest BCUT2D eigenvalue weighted by Crippen LogP contribution is 2.29. The van der Waals surface area contributed by atoms with Crippen molar-refractivity contribution in [2.75, 3.05) is 18.8 Å². The third-order valence-electron chi connectivity index (χ3n) is 4.44. The summed E-state index contributed by atoms with van der Waals surface area (Å²) in [6.07, 6.45) is 4.32. The molecule has 2 fully saturated rings. The van der Waals surface area contributed by atoms with Gasteiger partial charge in [-0.1, -0.05) is 18.0 Å². The fourth-order valence-corrected chi connectivity index (χ4v) is 4.90. The number of nitrogens with one attached hydrogen (secondary N) is 1. The zero-order valence-corrected chi connectivity index (χ0v) is 13.3. The number of anilines is 1. The number of piperidine rings is 1. The molecule has 2 saturated heterocycles. The Hall–Kier alpha value is -0.820. The SMILES string of the molecule is Nc1ccc(S(=O)(=O)NC2CCN3CCCCC23)cc1Cl. The molecular formula is C14H20ClN3O2S. The lowest BCUT2D eigenvalue weighted by molar-refractivity contribution is 0.186. The van der Waals surface area contributed by atoms with Gasteiger partial charge in [-0.25, -0.2) is 13.1 Å². The van der Waals surface area contributed by atoms with Crippen LogP contribution in [0.1, 0.15) is 25.7 Å². The first-order chi connectivity index (χ1) is 9.97. The number of benzene rings is 1. The van der Waals surface area contributed by atoms with Gasteiger partial charge in [-0.05, 0) is 44.0 Å². The monoisotopic (exact) mass is 329 g/mol. The van der Waals surface area contributed by atoms with Gasteiger partial charge in [-0.2, -0.15) is 0 Å². The molecule has 0 radical (unpaired) electrons. The fourth-order valence-electron chi connectivity index (χ4n) is 3.33. The van der Waals surface area contributed by atoms with E-state index < -0.39 is 10.0 Å². The van der Waals surface area contributed by atoms with Crippen LogP contribution < -0.4 is 10.5 Å². The second-order valence-electron chi connectivity index (χ2n) is 5.80. The predicted molar refractivity (Wildman–Crippen MR) is 83.8 cm³/mol. The Morgan fingerprint density at radius 1 is 1.24 bits per heavy atom. The molecule has 0 aromatic heterocycles. The normalized spacial score (nSPS) is 26.7. The van der Waals surface area contributed by atoms with Crippen LogP contribution >= 0.6 is 11.6 Å². The van der Waals surface area contributed by atoms with Crippen molar-refractivity contribution in [2.24, 2.45) is 0 Å². The highest BCUT2D eigenvalue weighted by atomic mass is 35.5. The van der Waals surface area contributed by atoms with E-state index in [0.717, 1.165) is 25.9 Å². The Bertz CT molecular complexity index is 635. The van der Waals surface area contributed by atoms with E-state index >= 15 is 0 Å². The van der Waals surface area contributed by atoms with Gasteiger partial charge >= 0.3 is 0 Å². The minimum atomic E-state index is -3.55. The van der Waals surface area contributed by atoms with Crippen LogP contribution in [-0.2, 0) is 10.0 Å². The first kappa shape index (κ1) is 15.1. The summed E-state index contributed by atoms with van der Waals surface area (Å²) in [4.78, 5) is 2.57. The highest BCUT2D eigenvalue weighted by molar-refractivity contribution is 7.89. The molecule has 5 nitrogen and oxygen atoms in total. The van der Waals surface area contributed by atoms with E-state index in [9.17, 15) is 8.42 Å². The molecular weight excluding hydrogens is 310 g/mol. The van der Waals surface area contributed by atoms with Gasteiger partial charge in [0.2, 0.25) is 10.0 Å². The van der Waals surface area contributed by atoms with E-state index in [0.29, 0.717) is 11.7 Å². The molecule has 2 aliphatic heterocycles. The molecule has 0 amide bonds. The number of halogens is 1. The summed E-state index contributed by atoms with van der Waals surface area (Å²) in [6, 6.07) is 4.76. The van der Waals surface area contributed by atoms with Gasteiger partial charge in [0, 0.05) is 18.6 Å². The van der Waals surface area contributed by atoms with Gasteiger partial charge in [-0.3, -0.25) is 4.90 Å². The van der Waals surface area contributed by atoms with Crippen LogP contribution in [0.3, 0.4) is 0 Å². The number of nitrogens with two attached hydrogens (primary N) is 1. The van der Waals surface area contributed by atoms with Crippen molar-refractivity contribution in [2.45, 2.75) is 42.7 Å². The summed E-state index contributed by atoms with van der Waals surface area (Å²) in [6.45, 7) is 2.05. The summed E-state index contributed by atoms with van der Waals surface area (Å²) in [5, 5.41) is 0.267. The number of fused-ring (bicyclic) bond motifs is 1. The van der Waals surface area contributed by atoms with Crippen molar-refractivity contribution in [3.8, 4) is 0 Å². The molecule has 1 aromatic carbocycles. The Morgan fingerprint density at radius 2 is 2.05 bits per heavy atom. The minimum Gasteiger partial charge on any atom is -0.398 e. The molecule has 2 atom stereocenters. The van der Waals surface area contributed by atoms with Crippen molar-refractivity contribution < 1.29 is 8.42 Å². The summed E-state index contributed by atoms with van der Waals surface area (Å²) in [7, 11) is -3.55. The van der Waals surface area contributed by atoms with Crippen molar-refractivity contribution in [3.05, 3.63) is 23.2 Å². The van der Waals surface area contributed by atoms with Crippen LogP contribution in [0.4, 0.5) is 5.69 Å². The maximum atomic E-state index is 12.5. The second-order valence-corrected chi connectivity index (χ2v) is 7.92. The molecule has 7 heteroatoms. The van der Waals surface area contributed by atoms with Crippen LogP contribution in [0.2, 0.25) is 5.02 Å². The lowest BCUT2D eigenvalue weighted by Gasteiger charge is -2.32. The lowest BCUT2D eigenvalue weighted by atomic mass is 10.00. The van der Waals surface area contributed by atoms with E-state index in [4.69, 9.17) is 17.3 Å². The standard InChI is InChI=1S/C14H20ClN3O2S/c15-11-9-10(4-5-12(11)16)21(19,20)17-13-6-8-18-7-2-1-3-14(13)18/h4-5,9,13-14,17H,1-3,6-8,16H2. The van der Waals surface area contributed by atoms with Crippen LogP contribution in [0.5, 0.6) is 0 Å². The summed E-state index contributed by atoms with van der Waals surface area (Å²) in [5.74, 6) is 0. The number of rotatable bonds is 3. The number of nitrogen functional groups attached to an aromatic ring is 1. The van der Waals surface area contributed by atoms with Crippen LogP contribution in [0.15, 0.2) is 23.1 Å². The Morgan fingerprint density at radius 3 is 2.81 bits per heavy atom. The molecule has 1 aromatic rings. The molecule has 0 aliphatic carbocycles. The van der Waals surface area contributed by atoms with Gasteiger partial charge in [0.25, 0.3) is 0 Å². The average molecular weight is 330 g/mol. The van der Waals surface area contributed by atoms with Gasteiger partial charge in [0.15, 0.2) is 0 Å². The third kappa shape index (κ3) is 3.04. The van der Waals surface area contributed by atoms with Crippen molar-refractivity contribution in [1.29, 1.82) is 0 Å². The van der Waals surface area contributed by atoms with E-state index in [1.165, 1.54) is 31.0 Å². The summed E-state index contributed by atoms with van der Waals surface area (Å²) < 4.78 is 27.8. The lowest BCUT2D eigenvalue weighted by Crippen LogP contribution is -2.46. The zero-order chi connectivity index (χ0) is 15.0. The molecule has 21 heavy (non-hydrogen) atoms. The molecule has 3 rings (SSSR count). The second kappa shape index (κ2) is 5.76. The average Bonchev–Trinajstić information content (AvgIpc) is 2.85. The van der Waals surface area contributed by atoms with Gasteiger partial charge in [-0.15, -0.1) is 0 Å². The van der Waals surface area contributed by atoms with E-state index in [1.54, 1.807) is 0 Å². The number of hydrogen-bond acceptors (Lipinski definition) is 4. The molecule has 0 saturated carbocycles. The Kier molecular flexibility index (Phi) is 4.14. The maximum Gasteiger partial charge on any atom is 0.240 e. The van der Waals surface area contributed by atoms with Crippen molar-refractivity contribution in [1.82, 2.24) is 9.62 Å². The highest BCUT2D eigenvalue weighted by Gasteiger charge is 2.37. The van der Waals surface area contributed by atoms with E-state index in [2.05, 4.69) is 9.62 Å².